The van der Waals surface area contributed by atoms with Gasteiger partial charge in [0.25, 0.3) is 0 Å². The van der Waals surface area contributed by atoms with Crippen molar-refractivity contribution in [1.82, 2.24) is 0 Å². The minimum absolute atomic E-state index is 0.630. The van der Waals surface area contributed by atoms with Crippen molar-refractivity contribution in [1.29, 1.82) is 0 Å². The molecule has 0 N–H and O–H groups in total. The van der Waals surface area contributed by atoms with Crippen LogP contribution in [0, 0.1) is 10.1 Å². The summed E-state index contributed by atoms with van der Waals surface area (Å²) >= 11 is 0. The van der Waals surface area contributed by atoms with Crippen molar-refractivity contribution >= 4 is 5.71 Å². The van der Waals surface area contributed by atoms with Gasteiger partial charge in [-0.05, 0) is 19.3 Å². The van der Waals surface area contributed by atoms with Crippen molar-refractivity contribution in [2.45, 2.75) is 19.3 Å². The van der Waals surface area contributed by atoms with Crippen LogP contribution in [0.5, 0.6) is 0 Å². The van der Waals surface area contributed by atoms with Crippen LogP contribution in [0.25, 0.3) is 0 Å². The van der Waals surface area contributed by atoms with Gasteiger partial charge < -0.3 is 0 Å². The number of hydrazone groups is 1. The molecule has 1 rings (SSSR count). The summed E-state index contributed by atoms with van der Waals surface area (Å²) in [6.45, 7) is 0. The predicted octanol–water partition coefficient (Wildman–Crippen LogP) is 0.803. The molecule has 0 saturated heterocycles. The van der Waals surface area contributed by atoms with E-state index in [0.29, 0.717) is 0 Å². The van der Waals surface area contributed by atoms with Gasteiger partial charge in [0.05, 0.1) is 10.8 Å². The predicted molar refractivity (Wildman–Crippen MR) is 28.3 cm³/mol. The number of rotatable bonds is 1. The fourth-order valence-corrected chi connectivity index (χ4v) is 0.550. The molecule has 8 heavy (non-hydrogen) atoms. The molecule has 0 unspecified atom stereocenters. The number of nitrogens with zero attached hydrogens (tertiary/aromatic N) is 2. The molecule has 44 valence electrons. The zero-order valence-corrected chi connectivity index (χ0v) is 4.33. The molecule has 0 bridgehead atoms. The van der Waals surface area contributed by atoms with Crippen molar-refractivity contribution in [3.63, 3.8) is 0 Å². The van der Waals surface area contributed by atoms with Crippen molar-refractivity contribution in [3.8, 4) is 0 Å². The molecule has 0 amide bonds. The van der Waals surface area contributed by atoms with E-state index in [2.05, 4.69) is 5.10 Å². The normalized spacial score (nSPS) is 17.2. The molecule has 1 aliphatic rings. The fraction of sp³-hybridized carbons (Fsp3) is 0.750. The van der Waals surface area contributed by atoms with Crippen molar-refractivity contribution < 1.29 is 5.03 Å². The van der Waals surface area contributed by atoms with Crippen LogP contribution in [0.2, 0.25) is 0 Å². The van der Waals surface area contributed by atoms with Crippen LogP contribution in [-0.4, -0.2) is 10.7 Å². The van der Waals surface area contributed by atoms with E-state index in [1.165, 1.54) is 0 Å². The Kier molecular flexibility index (Phi) is 1.24. The maximum Gasteiger partial charge on any atom is 0.190 e. The zero-order valence-electron chi connectivity index (χ0n) is 4.33. The summed E-state index contributed by atoms with van der Waals surface area (Å²) in [4.78, 5) is 9.62. The molecule has 0 aliphatic heterocycles. The molecule has 0 aromatic heterocycles. The van der Waals surface area contributed by atoms with E-state index in [4.69, 9.17) is 0 Å². The molecular weight excluding hydrogens is 108 g/mol. The zero-order chi connectivity index (χ0) is 5.98. The smallest absolute Gasteiger partial charge is 0.190 e. The standard InChI is InChI=1S/C4H6N2O2/c7-6(8)5-4-2-1-3-4/h1-3H2. The van der Waals surface area contributed by atoms with Crippen LogP contribution in [0.1, 0.15) is 19.3 Å². The van der Waals surface area contributed by atoms with Gasteiger partial charge in [-0.2, -0.15) is 0 Å². The first-order valence-electron chi connectivity index (χ1n) is 2.50. The summed E-state index contributed by atoms with van der Waals surface area (Å²) in [5, 5.41) is 12.1. The summed E-state index contributed by atoms with van der Waals surface area (Å²) in [6.07, 6.45) is 2.70. The molecule has 1 saturated carbocycles. The number of hydrogen-bond acceptors (Lipinski definition) is 2. The lowest BCUT2D eigenvalue weighted by Crippen LogP contribution is -2.11. The Hall–Kier alpha value is -0.930. The highest BCUT2D eigenvalue weighted by molar-refractivity contribution is 5.88. The van der Waals surface area contributed by atoms with Gasteiger partial charge in [0, 0.05) is 0 Å². The highest BCUT2D eigenvalue weighted by Gasteiger charge is 2.13. The van der Waals surface area contributed by atoms with Gasteiger partial charge in [-0.1, -0.05) is 0 Å². The van der Waals surface area contributed by atoms with Crippen LogP contribution in [-0.2, 0) is 0 Å². The third-order valence-electron chi connectivity index (χ3n) is 1.15. The first kappa shape index (κ1) is 5.21. The Labute approximate surface area is 46.3 Å². The second kappa shape index (κ2) is 1.90. The third-order valence-corrected chi connectivity index (χ3v) is 1.15. The summed E-state index contributed by atoms with van der Waals surface area (Å²) < 4.78 is 0. The summed E-state index contributed by atoms with van der Waals surface area (Å²) in [5.41, 5.74) is 0.731. The molecule has 4 heteroatoms. The minimum Gasteiger partial charge on any atom is -0.233 e. The molecular formula is C4H6N2O2. The van der Waals surface area contributed by atoms with Gasteiger partial charge in [-0.25, -0.2) is 10.1 Å². The Bertz CT molecular complexity index is 135. The van der Waals surface area contributed by atoms with Gasteiger partial charge in [0.2, 0.25) is 0 Å². The molecule has 0 atom stereocenters. The summed E-state index contributed by atoms with van der Waals surface area (Å²) in [7, 11) is 0. The third kappa shape index (κ3) is 1.02. The van der Waals surface area contributed by atoms with E-state index >= 15 is 0 Å². The maximum atomic E-state index is 9.62. The van der Waals surface area contributed by atoms with Gasteiger partial charge in [0.15, 0.2) is 5.03 Å². The maximum absolute atomic E-state index is 9.62. The molecule has 0 spiro atoms. The van der Waals surface area contributed by atoms with Crippen molar-refractivity contribution in [3.05, 3.63) is 10.1 Å². The highest BCUT2D eigenvalue weighted by atomic mass is 16.7. The van der Waals surface area contributed by atoms with Gasteiger partial charge in [0.1, 0.15) is 0 Å². The SMILES string of the molecule is O=[N+]([O-])N=C1CCC1. The van der Waals surface area contributed by atoms with Crippen LogP contribution in [0.15, 0.2) is 5.10 Å². The summed E-state index contributed by atoms with van der Waals surface area (Å²) in [5.74, 6) is 0. The van der Waals surface area contributed by atoms with E-state index in [1.54, 1.807) is 0 Å². The molecule has 1 aliphatic carbocycles. The Morgan fingerprint density at radius 2 is 2.25 bits per heavy atom. The second-order valence-electron chi connectivity index (χ2n) is 1.76. The second-order valence-corrected chi connectivity index (χ2v) is 1.76. The average molecular weight is 114 g/mol. The monoisotopic (exact) mass is 114 g/mol. The average Bonchev–Trinajstić information content (AvgIpc) is 1.55. The Morgan fingerprint density at radius 3 is 2.38 bits per heavy atom. The minimum atomic E-state index is -0.630. The molecule has 0 aromatic carbocycles. The molecule has 0 aromatic rings. The van der Waals surface area contributed by atoms with E-state index in [9.17, 15) is 10.1 Å². The lowest BCUT2D eigenvalue weighted by molar-refractivity contribution is -0.485. The first-order valence-corrected chi connectivity index (χ1v) is 2.50. The molecule has 0 radical (unpaired) electrons. The lowest BCUT2D eigenvalue weighted by atomic mass is 9.98. The van der Waals surface area contributed by atoms with Crippen LogP contribution in [0.3, 0.4) is 0 Å². The molecule has 0 heterocycles. The van der Waals surface area contributed by atoms with E-state index < -0.39 is 5.03 Å². The van der Waals surface area contributed by atoms with Crippen LogP contribution >= 0.6 is 0 Å². The van der Waals surface area contributed by atoms with E-state index in [-0.39, 0.29) is 0 Å². The van der Waals surface area contributed by atoms with Crippen LogP contribution in [0.4, 0.5) is 0 Å². The topological polar surface area (TPSA) is 55.5 Å². The number of nitro groups is 1. The highest BCUT2D eigenvalue weighted by Crippen LogP contribution is 2.13. The molecule has 4 nitrogen and oxygen atoms in total. The fourth-order valence-electron chi connectivity index (χ4n) is 0.550. The van der Waals surface area contributed by atoms with Crippen LogP contribution < -0.4 is 0 Å². The van der Waals surface area contributed by atoms with Crippen molar-refractivity contribution in [2.24, 2.45) is 5.10 Å². The quantitative estimate of drug-likeness (QED) is 0.374. The van der Waals surface area contributed by atoms with Gasteiger partial charge >= 0.3 is 0 Å². The Morgan fingerprint density at radius 1 is 1.62 bits per heavy atom. The van der Waals surface area contributed by atoms with Gasteiger partial charge in [-0.15, -0.1) is 0 Å². The van der Waals surface area contributed by atoms with Crippen molar-refractivity contribution in [2.75, 3.05) is 0 Å². The van der Waals surface area contributed by atoms with E-state index in [0.717, 1.165) is 25.0 Å². The Balaban J connectivity index is 2.42. The first-order chi connectivity index (χ1) is 3.79. The van der Waals surface area contributed by atoms with Gasteiger partial charge in [-0.3, -0.25) is 0 Å². The summed E-state index contributed by atoms with van der Waals surface area (Å²) in [6, 6.07) is 0. The lowest BCUT2D eigenvalue weighted by Gasteiger charge is -2.08. The number of hydrogen-bond donors (Lipinski definition) is 0. The molecule has 1 fully saturated rings. The largest absolute Gasteiger partial charge is 0.233 e. The van der Waals surface area contributed by atoms with E-state index in [1.807, 2.05) is 0 Å².